The number of hydrogen-bond acceptors (Lipinski definition) is 7. The molecule has 3 heterocycles. The Bertz CT molecular complexity index is 1300. The van der Waals surface area contributed by atoms with Crippen molar-refractivity contribution in [1.82, 2.24) is 20.2 Å². The first-order valence-corrected chi connectivity index (χ1v) is 13.2. The largest absolute Gasteiger partial charge is 0.365 e. The predicted octanol–water partition coefficient (Wildman–Crippen LogP) is 3.48. The van der Waals surface area contributed by atoms with Crippen molar-refractivity contribution in [3.63, 3.8) is 0 Å². The molecule has 0 radical (unpaired) electrons. The lowest BCUT2D eigenvalue weighted by molar-refractivity contribution is 0.354. The maximum atomic E-state index is 9.28. The van der Waals surface area contributed by atoms with Gasteiger partial charge >= 0.3 is 0 Å². The number of likely N-dealkylation sites (N-methyl/N-ethyl adjacent to an activating group) is 1. The molecule has 2 fully saturated rings. The summed E-state index contributed by atoms with van der Waals surface area (Å²) in [5, 5.41) is 15.4. The van der Waals surface area contributed by atoms with Crippen molar-refractivity contribution in [1.29, 1.82) is 5.26 Å². The fraction of sp³-hybridized carbons (Fsp3) is 0.483. The molecule has 2 aliphatic heterocycles. The predicted molar refractivity (Wildman–Crippen MR) is 144 cm³/mol. The molecule has 1 N–H and O–H groups in total. The molecule has 2 aromatic carbocycles. The second-order valence-corrected chi connectivity index (χ2v) is 10.9. The number of hydrogen-bond donors (Lipinski definition) is 1. The number of fused-ring (bicyclic) bond motifs is 2. The summed E-state index contributed by atoms with van der Waals surface area (Å²) < 4.78 is 0. The van der Waals surface area contributed by atoms with Gasteiger partial charge in [-0.05, 0) is 44.8 Å². The van der Waals surface area contributed by atoms with Crippen LogP contribution in [-0.4, -0.2) is 67.7 Å². The van der Waals surface area contributed by atoms with Gasteiger partial charge in [0.25, 0.3) is 0 Å². The number of nitrogens with zero attached hydrogens (tertiary/aromatic N) is 6. The number of anilines is 2. The molecule has 6 rings (SSSR count). The van der Waals surface area contributed by atoms with Crippen LogP contribution in [0, 0.1) is 11.3 Å². The number of piperazine rings is 1. The molecular weight excluding hydrogens is 446 g/mol. The van der Waals surface area contributed by atoms with Crippen molar-refractivity contribution in [2.24, 2.45) is 0 Å². The van der Waals surface area contributed by atoms with Gasteiger partial charge in [-0.15, -0.1) is 0 Å². The topological polar surface area (TPSA) is 71.3 Å². The molecule has 1 atom stereocenters. The Balaban J connectivity index is 1.40. The standard InChI is InChI=1S/C29H35N7/c1-34(2)20-29(12-13-29)28-32-25-19-35(26-9-5-7-21-6-3-4-8-23(21)26)16-11-24(25)27(33-28)36-17-15-31-22(18-36)10-14-30/h3-9,22,31H,10-13,15-20H2,1-2H3/t22-/m0/s1. The lowest BCUT2D eigenvalue weighted by Gasteiger charge is -2.38. The van der Waals surface area contributed by atoms with E-state index in [-0.39, 0.29) is 11.5 Å². The Hall–Kier alpha value is -3.21. The Kier molecular flexibility index (Phi) is 6.02. The summed E-state index contributed by atoms with van der Waals surface area (Å²) in [4.78, 5) is 17.8. The highest BCUT2D eigenvalue weighted by Crippen LogP contribution is 2.48. The van der Waals surface area contributed by atoms with E-state index in [1.807, 2.05) is 0 Å². The van der Waals surface area contributed by atoms with Crippen LogP contribution in [0.5, 0.6) is 0 Å². The zero-order valence-electron chi connectivity index (χ0n) is 21.4. The summed E-state index contributed by atoms with van der Waals surface area (Å²) in [5.41, 5.74) is 3.82. The van der Waals surface area contributed by atoms with Gasteiger partial charge in [-0.25, -0.2) is 9.97 Å². The Labute approximate surface area is 213 Å². The van der Waals surface area contributed by atoms with E-state index in [2.05, 4.69) is 82.6 Å². The number of benzene rings is 2. The van der Waals surface area contributed by atoms with E-state index >= 15 is 0 Å². The minimum absolute atomic E-state index is 0.0646. The second-order valence-electron chi connectivity index (χ2n) is 10.9. The van der Waals surface area contributed by atoms with Crippen molar-refractivity contribution in [2.75, 3.05) is 56.6 Å². The summed E-state index contributed by atoms with van der Waals surface area (Å²) in [7, 11) is 4.29. The fourth-order valence-electron chi connectivity index (χ4n) is 6.07. The van der Waals surface area contributed by atoms with E-state index in [0.717, 1.165) is 70.2 Å². The van der Waals surface area contributed by atoms with Crippen LogP contribution in [0.3, 0.4) is 0 Å². The molecule has 1 saturated carbocycles. The second kappa shape index (κ2) is 9.34. The number of nitrogens with one attached hydrogen (secondary N) is 1. The minimum atomic E-state index is 0.0646. The van der Waals surface area contributed by atoms with Crippen molar-refractivity contribution in [3.05, 3.63) is 59.5 Å². The first-order valence-electron chi connectivity index (χ1n) is 13.2. The maximum Gasteiger partial charge on any atom is 0.138 e. The summed E-state index contributed by atoms with van der Waals surface area (Å²) in [5.74, 6) is 2.13. The van der Waals surface area contributed by atoms with Gasteiger partial charge in [0.2, 0.25) is 0 Å². The van der Waals surface area contributed by atoms with E-state index in [4.69, 9.17) is 9.97 Å². The first kappa shape index (κ1) is 23.2. The van der Waals surface area contributed by atoms with Gasteiger partial charge in [-0.2, -0.15) is 5.26 Å². The molecule has 1 aromatic heterocycles. The zero-order chi connectivity index (χ0) is 24.7. The average molecular weight is 482 g/mol. The monoisotopic (exact) mass is 481 g/mol. The molecule has 0 bridgehead atoms. The molecule has 36 heavy (non-hydrogen) atoms. The normalized spacial score (nSPS) is 20.9. The van der Waals surface area contributed by atoms with Crippen LogP contribution in [0.15, 0.2) is 42.5 Å². The molecule has 1 aliphatic carbocycles. The Morgan fingerprint density at radius 3 is 2.72 bits per heavy atom. The van der Waals surface area contributed by atoms with Gasteiger partial charge in [0.15, 0.2) is 0 Å². The van der Waals surface area contributed by atoms with Crippen molar-refractivity contribution in [3.8, 4) is 6.07 Å². The van der Waals surface area contributed by atoms with Gasteiger partial charge in [0, 0.05) is 60.8 Å². The highest BCUT2D eigenvalue weighted by molar-refractivity contribution is 5.94. The zero-order valence-corrected chi connectivity index (χ0v) is 21.4. The molecule has 7 heteroatoms. The van der Waals surface area contributed by atoms with E-state index in [1.165, 1.54) is 27.7 Å². The van der Waals surface area contributed by atoms with E-state index < -0.39 is 0 Å². The number of rotatable bonds is 6. The van der Waals surface area contributed by atoms with Crippen LogP contribution in [0.1, 0.15) is 36.3 Å². The van der Waals surface area contributed by atoms with Crippen LogP contribution < -0.4 is 15.1 Å². The van der Waals surface area contributed by atoms with Crippen molar-refractivity contribution in [2.45, 2.75) is 43.7 Å². The lowest BCUT2D eigenvalue weighted by atomic mass is 9.99. The quantitative estimate of drug-likeness (QED) is 0.578. The minimum Gasteiger partial charge on any atom is -0.365 e. The van der Waals surface area contributed by atoms with E-state index in [1.54, 1.807) is 0 Å². The van der Waals surface area contributed by atoms with Gasteiger partial charge in [-0.3, -0.25) is 0 Å². The smallest absolute Gasteiger partial charge is 0.138 e. The van der Waals surface area contributed by atoms with Crippen LogP contribution in [0.25, 0.3) is 10.8 Å². The van der Waals surface area contributed by atoms with Crippen LogP contribution >= 0.6 is 0 Å². The number of aromatic nitrogens is 2. The maximum absolute atomic E-state index is 9.28. The molecule has 1 saturated heterocycles. The van der Waals surface area contributed by atoms with Gasteiger partial charge in [-0.1, -0.05) is 36.4 Å². The number of nitriles is 1. The van der Waals surface area contributed by atoms with Crippen molar-refractivity contribution >= 4 is 22.3 Å². The van der Waals surface area contributed by atoms with Gasteiger partial charge < -0.3 is 20.0 Å². The summed E-state index contributed by atoms with van der Waals surface area (Å²) in [6, 6.07) is 17.8. The fourth-order valence-corrected chi connectivity index (χ4v) is 6.07. The molecular formula is C29H35N7. The van der Waals surface area contributed by atoms with Crippen LogP contribution in [0.2, 0.25) is 0 Å². The van der Waals surface area contributed by atoms with Crippen LogP contribution in [0.4, 0.5) is 11.5 Å². The van der Waals surface area contributed by atoms with E-state index in [9.17, 15) is 5.26 Å². The molecule has 7 nitrogen and oxygen atoms in total. The molecule has 186 valence electrons. The Morgan fingerprint density at radius 1 is 1.08 bits per heavy atom. The van der Waals surface area contributed by atoms with Gasteiger partial charge in [0.05, 0.1) is 24.7 Å². The summed E-state index contributed by atoms with van der Waals surface area (Å²) >= 11 is 0. The van der Waals surface area contributed by atoms with Crippen molar-refractivity contribution < 1.29 is 0 Å². The molecule has 0 spiro atoms. The Morgan fingerprint density at radius 2 is 1.92 bits per heavy atom. The third-order valence-electron chi connectivity index (χ3n) is 7.99. The molecule has 3 aliphatic rings. The average Bonchev–Trinajstić information content (AvgIpc) is 3.67. The van der Waals surface area contributed by atoms with E-state index in [0.29, 0.717) is 6.42 Å². The lowest BCUT2D eigenvalue weighted by Crippen LogP contribution is -2.51. The third kappa shape index (κ3) is 4.29. The molecule has 3 aromatic rings. The first-order chi connectivity index (χ1) is 17.6. The van der Waals surface area contributed by atoms with Gasteiger partial charge in [0.1, 0.15) is 11.6 Å². The third-order valence-corrected chi connectivity index (χ3v) is 7.99. The highest BCUT2D eigenvalue weighted by Gasteiger charge is 2.48. The SMILES string of the molecule is CN(C)CC1(c2nc3c(c(N4CCN[C@@H](CC#N)C4)n2)CCN(c2cccc4ccccc24)C3)CC1. The van der Waals surface area contributed by atoms with Crippen LogP contribution in [-0.2, 0) is 18.4 Å². The summed E-state index contributed by atoms with van der Waals surface area (Å²) in [6.45, 7) is 5.36. The molecule has 0 unspecified atom stereocenters. The highest BCUT2D eigenvalue weighted by atomic mass is 15.3. The summed E-state index contributed by atoms with van der Waals surface area (Å²) in [6.07, 6.45) is 3.75. The molecule has 0 amide bonds.